The van der Waals surface area contributed by atoms with Gasteiger partial charge in [-0.15, -0.1) is 0 Å². The predicted octanol–water partition coefficient (Wildman–Crippen LogP) is 3.27. The maximum atomic E-state index is 6.00. The van der Waals surface area contributed by atoms with Gasteiger partial charge in [-0.05, 0) is 48.9 Å². The highest BCUT2D eigenvalue weighted by atomic mass is 35.5. The Kier molecular flexibility index (Phi) is 3.37. The van der Waals surface area contributed by atoms with Crippen molar-refractivity contribution >= 4 is 11.6 Å². The standard InChI is InChI=1S/C14H18ClNO/c15-12-6-5-10-8-13(9-11(10)7-12)16-17-14-3-1-2-4-14/h5-7,13-14,16H,1-4,8-9H2. The fourth-order valence-electron chi connectivity index (χ4n) is 2.87. The van der Waals surface area contributed by atoms with E-state index in [1.165, 1.54) is 36.8 Å². The molecule has 1 atom stereocenters. The van der Waals surface area contributed by atoms with Crippen LogP contribution in [0.1, 0.15) is 36.8 Å². The normalized spacial score (nSPS) is 24.2. The van der Waals surface area contributed by atoms with Crippen molar-refractivity contribution in [1.82, 2.24) is 5.48 Å². The average Bonchev–Trinajstić information content (AvgIpc) is 2.94. The summed E-state index contributed by atoms with van der Waals surface area (Å²) in [6.45, 7) is 0. The van der Waals surface area contributed by atoms with Gasteiger partial charge in [0.05, 0.1) is 6.10 Å². The van der Waals surface area contributed by atoms with Crippen LogP contribution in [0, 0.1) is 0 Å². The van der Waals surface area contributed by atoms with Crippen LogP contribution >= 0.6 is 11.6 Å². The second-order valence-electron chi connectivity index (χ2n) is 5.16. The molecular weight excluding hydrogens is 234 g/mol. The second-order valence-corrected chi connectivity index (χ2v) is 5.60. The minimum atomic E-state index is 0.420. The maximum Gasteiger partial charge on any atom is 0.0790 e. The molecule has 2 aliphatic rings. The number of benzene rings is 1. The molecular formula is C14H18ClNO. The van der Waals surface area contributed by atoms with Crippen LogP contribution in [0.2, 0.25) is 5.02 Å². The minimum absolute atomic E-state index is 0.420. The first-order valence-electron chi connectivity index (χ1n) is 6.50. The van der Waals surface area contributed by atoms with Gasteiger partial charge in [0.1, 0.15) is 0 Å². The van der Waals surface area contributed by atoms with E-state index in [1.54, 1.807) is 0 Å². The van der Waals surface area contributed by atoms with Gasteiger partial charge in [-0.25, -0.2) is 0 Å². The zero-order valence-electron chi connectivity index (χ0n) is 9.92. The lowest BCUT2D eigenvalue weighted by atomic mass is 10.1. The summed E-state index contributed by atoms with van der Waals surface area (Å²) in [5.74, 6) is 0. The molecule has 0 radical (unpaired) electrons. The number of nitrogens with one attached hydrogen (secondary N) is 1. The van der Waals surface area contributed by atoms with E-state index in [0.29, 0.717) is 12.1 Å². The summed E-state index contributed by atoms with van der Waals surface area (Å²) in [6.07, 6.45) is 7.56. The topological polar surface area (TPSA) is 21.3 Å². The molecule has 1 aromatic carbocycles. The molecule has 0 aliphatic heterocycles. The molecule has 2 nitrogen and oxygen atoms in total. The SMILES string of the molecule is Clc1ccc2c(c1)CC(NOC1CCCC1)C2. The molecule has 0 bridgehead atoms. The Labute approximate surface area is 107 Å². The first-order valence-corrected chi connectivity index (χ1v) is 6.87. The van der Waals surface area contributed by atoms with E-state index < -0.39 is 0 Å². The smallest absolute Gasteiger partial charge is 0.0790 e. The molecule has 1 aromatic rings. The van der Waals surface area contributed by atoms with Crippen LogP contribution in [-0.4, -0.2) is 12.1 Å². The van der Waals surface area contributed by atoms with Gasteiger partial charge in [0.2, 0.25) is 0 Å². The maximum absolute atomic E-state index is 6.00. The number of hydroxylamine groups is 1. The molecule has 1 saturated carbocycles. The summed E-state index contributed by atoms with van der Waals surface area (Å²) in [6, 6.07) is 6.60. The fourth-order valence-corrected chi connectivity index (χ4v) is 3.06. The Bertz CT molecular complexity index is 401. The Hall–Kier alpha value is -0.570. The van der Waals surface area contributed by atoms with Crippen LogP contribution in [0.4, 0.5) is 0 Å². The van der Waals surface area contributed by atoms with Crippen LogP contribution in [0.15, 0.2) is 18.2 Å². The molecule has 0 saturated heterocycles. The van der Waals surface area contributed by atoms with Crippen molar-refractivity contribution in [3.8, 4) is 0 Å². The van der Waals surface area contributed by atoms with Gasteiger partial charge in [0.25, 0.3) is 0 Å². The summed E-state index contributed by atoms with van der Waals surface area (Å²) in [7, 11) is 0. The van der Waals surface area contributed by atoms with Crippen molar-refractivity contribution in [3.05, 3.63) is 34.3 Å². The first kappa shape index (κ1) is 11.5. The molecule has 2 aliphatic carbocycles. The summed E-state index contributed by atoms with van der Waals surface area (Å²) < 4.78 is 0. The number of hydrogen-bond donors (Lipinski definition) is 1. The fraction of sp³-hybridized carbons (Fsp3) is 0.571. The summed E-state index contributed by atoms with van der Waals surface area (Å²) in [5.41, 5.74) is 6.02. The molecule has 0 heterocycles. The minimum Gasteiger partial charge on any atom is -0.298 e. The van der Waals surface area contributed by atoms with Crippen LogP contribution < -0.4 is 5.48 Å². The van der Waals surface area contributed by atoms with Gasteiger partial charge in [0, 0.05) is 11.1 Å². The van der Waals surface area contributed by atoms with Crippen LogP contribution in [0.5, 0.6) is 0 Å². The highest BCUT2D eigenvalue weighted by molar-refractivity contribution is 6.30. The molecule has 3 heteroatoms. The van der Waals surface area contributed by atoms with Gasteiger partial charge in [-0.2, -0.15) is 5.48 Å². The molecule has 1 unspecified atom stereocenters. The zero-order valence-corrected chi connectivity index (χ0v) is 10.7. The number of hydrogen-bond acceptors (Lipinski definition) is 2. The molecule has 0 spiro atoms. The van der Waals surface area contributed by atoms with E-state index in [1.807, 2.05) is 6.07 Å². The lowest BCUT2D eigenvalue weighted by Gasteiger charge is -2.16. The van der Waals surface area contributed by atoms with Crippen molar-refractivity contribution in [1.29, 1.82) is 0 Å². The van der Waals surface area contributed by atoms with Crippen molar-refractivity contribution in [2.24, 2.45) is 0 Å². The second kappa shape index (κ2) is 4.97. The summed E-state index contributed by atoms with van der Waals surface area (Å²) in [5, 5.41) is 0.834. The molecule has 17 heavy (non-hydrogen) atoms. The van der Waals surface area contributed by atoms with Gasteiger partial charge in [-0.1, -0.05) is 30.5 Å². The molecule has 1 fully saturated rings. The highest BCUT2D eigenvalue weighted by Gasteiger charge is 2.23. The Morgan fingerprint density at radius 3 is 2.71 bits per heavy atom. The van der Waals surface area contributed by atoms with E-state index in [-0.39, 0.29) is 0 Å². The van der Waals surface area contributed by atoms with Crippen LogP contribution in [-0.2, 0) is 17.7 Å². The molecule has 0 aromatic heterocycles. The molecule has 1 N–H and O–H groups in total. The predicted molar refractivity (Wildman–Crippen MR) is 69.1 cm³/mol. The number of rotatable bonds is 3. The van der Waals surface area contributed by atoms with Crippen molar-refractivity contribution in [3.63, 3.8) is 0 Å². The van der Waals surface area contributed by atoms with Crippen molar-refractivity contribution < 1.29 is 4.84 Å². The van der Waals surface area contributed by atoms with Crippen LogP contribution in [0.3, 0.4) is 0 Å². The third-order valence-corrected chi connectivity index (χ3v) is 4.04. The highest BCUT2D eigenvalue weighted by Crippen LogP contribution is 2.26. The lowest BCUT2D eigenvalue weighted by molar-refractivity contribution is -0.0383. The largest absolute Gasteiger partial charge is 0.298 e. The van der Waals surface area contributed by atoms with E-state index >= 15 is 0 Å². The first-order chi connectivity index (χ1) is 8.31. The molecule has 92 valence electrons. The zero-order chi connectivity index (χ0) is 11.7. The van der Waals surface area contributed by atoms with Crippen LogP contribution in [0.25, 0.3) is 0 Å². The Balaban J connectivity index is 1.55. The average molecular weight is 252 g/mol. The summed E-state index contributed by atoms with van der Waals surface area (Å²) >= 11 is 6.00. The van der Waals surface area contributed by atoms with Gasteiger partial charge in [0.15, 0.2) is 0 Å². The third-order valence-electron chi connectivity index (χ3n) is 3.80. The van der Waals surface area contributed by atoms with Gasteiger partial charge in [-0.3, -0.25) is 4.84 Å². The molecule has 0 amide bonds. The molecule has 3 rings (SSSR count). The van der Waals surface area contributed by atoms with E-state index in [2.05, 4.69) is 17.6 Å². The number of fused-ring (bicyclic) bond motifs is 1. The number of halogens is 1. The van der Waals surface area contributed by atoms with Crippen molar-refractivity contribution in [2.45, 2.75) is 50.7 Å². The van der Waals surface area contributed by atoms with E-state index in [4.69, 9.17) is 16.4 Å². The van der Waals surface area contributed by atoms with Gasteiger partial charge < -0.3 is 0 Å². The van der Waals surface area contributed by atoms with E-state index in [0.717, 1.165) is 17.9 Å². The monoisotopic (exact) mass is 251 g/mol. The van der Waals surface area contributed by atoms with E-state index in [9.17, 15) is 0 Å². The quantitative estimate of drug-likeness (QED) is 0.833. The third kappa shape index (κ3) is 2.65. The Morgan fingerprint density at radius 2 is 1.88 bits per heavy atom. The van der Waals surface area contributed by atoms with Crippen molar-refractivity contribution in [2.75, 3.05) is 0 Å². The van der Waals surface area contributed by atoms with Gasteiger partial charge >= 0.3 is 0 Å². The lowest BCUT2D eigenvalue weighted by Crippen LogP contribution is -2.33. The Morgan fingerprint density at radius 1 is 1.12 bits per heavy atom. The summed E-state index contributed by atoms with van der Waals surface area (Å²) in [4.78, 5) is 5.77.